The van der Waals surface area contributed by atoms with Crippen molar-refractivity contribution in [2.75, 3.05) is 6.54 Å². The second-order valence-corrected chi connectivity index (χ2v) is 5.93. The Balaban J connectivity index is 2.43. The van der Waals surface area contributed by atoms with E-state index in [0.717, 1.165) is 17.8 Å². The van der Waals surface area contributed by atoms with Crippen LogP contribution in [-0.4, -0.2) is 6.54 Å². The first kappa shape index (κ1) is 14.8. The molecule has 1 atom stereocenters. The Labute approximate surface area is 126 Å². The lowest BCUT2D eigenvalue weighted by atomic mass is 10.0. The van der Waals surface area contributed by atoms with E-state index in [9.17, 15) is 4.39 Å². The Hall–Kier alpha value is -0.610. The highest BCUT2D eigenvalue weighted by atomic mass is 35.5. The highest BCUT2D eigenvalue weighted by molar-refractivity contribution is 7.10. The fourth-order valence-electron chi connectivity index (χ4n) is 1.89. The number of hydrogen-bond donors (Lipinski definition) is 1. The van der Waals surface area contributed by atoms with Crippen molar-refractivity contribution in [3.05, 3.63) is 55.9 Å². The van der Waals surface area contributed by atoms with Crippen LogP contribution >= 0.6 is 34.5 Å². The Kier molecular flexibility index (Phi) is 5.22. The summed E-state index contributed by atoms with van der Waals surface area (Å²) in [5.41, 5.74) is 0.533. The van der Waals surface area contributed by atoms with Gasteiger partial charge in [-0.1, -0.05) is 42.3 Å². The molecule has 5 heteroatoms. The van der Waals surface area contributed by atoms with Crippen LogP contribution in [0.15, 0.2) is 29.6 Å². The molecule has 0 amide bonds. The van der Waals surface area contributed by atoms with E-state index < -0.39 is 0 Å². The van der Waals surface area contributed by atoms with Gasteiger partial charge in [0.15, 0.2) is 0 Å². The number of thiophene rings is 1. The van der Waals surface area contributed by atoms with Gasteiger partial charge in [0, 0.05) is 10.4 Å². The summed E-state index contributed by atoms with van der Waals surface area (Å²) in [5.74, 6) is -0.387. The van der Waals surface area contributed by atoms with Crippen molar-refractivity contribution < 1.29 is 4.39 Å². The maximum absolute atomic E-state index is 14.2. The van der Waals surface area contributed by atoms with E-state index in [1.54, 1.807) is 18.2 Å². The predicted molar refractivity (Wildman–Crippen MR) is 80.9 cm³/mol. The fourth-order valence-corrected chi connectivity index (χ4v) is 3.33. The van der Waals surface area contributed by atoms with Gasteiger partial charge in [-0.25, -0.2) is 4.39 Å². The average molecular weight is 318 g/mol. The van der Waals surface area contributed by atoms with E-state index in [1.807, 2.05) is 11.4 Å². The van der Waals surface area contributed by atoms with Gasteiger partial charge in [-0.15, -0.1) is 11.3 Å². The third-order valence-corrected chi connectivity index (χ3v) is 4.51. The molecule has 2 rings (SSSR count). The maximum atomic E-state index is 14.2. The minimum absolute atomic E-state index is 0.133. The van der Waals surface area contributed by atoms with Crippen molar-refractivity contribution in [2.24, 2.45) is 0 Å². The van der Waals surface area contributed by atoms with Crippen molar-refractivity contribution in [3.63, 3.8) is 0 Å². The highest BCUT2D eigenvalue weighted by Gasteiger charge is 2.22. The molecule has 0 saturated heterocycles. The van der Waals surface area contributed by atoms with Crippen molar-refractivity contribution >= 4 is 34.5 Å². The standard InChI is InChI=1S/C14H14Cl2FNS/c1-2-7-18-13(14-11(16)6-8-19-14)9-4-3-5-10(15)12(9)17/h3-6,8,13,18H,2,7H2,1H3. The van der Waals surface area contributed by atoms with Crippen LogP contribution in [0.2, 0.25) is 10.0 Å². The number of nitrogens with one attached hydrogen (secondary N) is 1. The second kappa shape index (κ2) is 6.71. The summed E-state index contributed by atoms with van der Waals surface area (Å²) in [5, 5.41) is 6.01. The third-order valence-electron chi connectivity index (χ3n) is 2.80. The Morgan fingerprint density at radius 3 is 2.68 bits per heavy atom. The summed E-state index contributed by atoms with van der Waals surface area (Å²) in [6.45, 7) is 2.85. The smallest absolute Gasteiger partial charge is 0.146 e. The van der Waals surface area contributed by atoms with Crippen LogP contribution in [0.4, 0.5) is 4.39 Å². The van der Waals surface area contributed by atoms with E-state index in [2.05, 4.69) is 12.2 Å². The molecule has 0 saturated carbocycles. The monoisotopic (exact) mass is 317 g/mol. The minimum atomic E-state index is -0.387. The van der Waals surface area contributed by atoms with Gasteiger partial charge in [0.1, 0.15) is 5.82 Å². The Morgan fingerprint density at radius 2 is 2.05 bits per heavy atom. The molecule has 19 heavy (non-hydrogen) atoms. The summed E-state index contributed by atoms with van der Waals surface area (Å²) in [6.07, 6.45) is 0.960. The second-order valence-electron chi connectivity index (χ2n) is 4.16. The average Bonchev–Trinajstić information content (AvgIpc) is 2.81. The van der Waals surface area contributed by atoms with E-state index in [0.29, 0.717) is 10.6 Å². The first-order valence-corrected chi connectivity index (χ1v) is 7.69. The van der Waals surface area contributed by atoms with E-state index in [-0.39, 0.29) is 16.9 Å². The topological polar surface area (TPSA) is 12.0 Å². The lowest BCUT2D eigenvalue weighted by Crippen LogP contribution is -2.23. The summed E-state index contributed by atoms with van der Waals surface area (Å²) >= 11 is 13.5. The summed E-state index contributed by atoms with van der Waals surface area (Å²) < 4.78 is 14.2. The van der Waals surface area contributed by atoms with E-state index in [4.69, 9.17) is 23.2 Å². The number of benzene rings is 1. The summed E-state index contributed by atoms with van der Waals surface area (Å²) in [4.78, 5) is 0.913. The zero-order chi connectivity index (χ0) is 13.8. The largest absolute Gasteiger partial charge is 0.305 e. The maximum Gasteiger partial charge on any atom is 0.146 e. The molecule has 0 aliphatic carbocycles. The molecule has 1 aromatic carbocycles. The van der Waals surface area contributed by atoms with E-state index in [1.165, 1.54) is 11.3 Å². The Bertz CT molecular complexity index is 556. The molecule has 0 aliphatic heterocycles. The number of hydrogen-bond acceptors (Lipinski definition) is 2. The van der Waals surface area contributed by atoms with Crippen molar-refractivity contribution in [3.8, 4) is 0 Å². The molecule has 0 spiro atoms. The Morgan fingerprint density at radius 1 is 1.26 bits per heavy atom. The van der Waals surface area contributed by atoms with Gasteiger partial charge in [0.25, 0.3) is 0 Å². The molecular formula is C14H14Cl2FNS. The third kappa shape index (κ3) is 3.29. The SMILES string of the molecule is CCCNC(c1cccc(Cl)c1F)c1sccc1Cl. The van der Waals surface area contributed by atoms with Crippen LogP contribution in [0, 0.1) is 5.82 Å². The lowest BCUT2D eigenvalue weighted by Gasteiger charge is -2.19. The van der Waals surface area contributed by atoms with E-state index >= 15 is 0 Å². The summed E-state index contributed by atoms with van der Waals surface area (Å²) in [6, 6.07) is 6.61. The molecule has 2 aromatic rings. The van der Waals surface area contributed by atoms with Gasteiger partial charge in [-0.05, 0) is 30.5 Å². The van der Waals surface area contributed by atoms with Crippen LogP contribution in [0.1, 0.15) is 29.8 Å². The molecule has 1 heterocycles. The van der Waals surface area contributed by atoms with Crippen LogP contribution in [0.5, 0.6) is 0 Å². The van der Waals surface area contributed by atoms with Gasteiger partial charge in [-0.2, -0.15) is 0 Å². The number of halogens is 3. The molecule has 102 valence electrons. The van der Waals surface area contributed by atoms with Gasteiger partial charge >= 0.3 is 0 Å². The molecule has 0 bridgehead atoms. The molecule has 1 unspecified atom stereocenters. The molecule has 0 aliphatic rings. The van der Waals surface area contributed by atoms with Crippen LogP contribution < -0.4 is 5.32 Å². The van der Waals surface area contributed by atoms with Crippen molar-refractivity contribution in [1.29, 1.82) is 0 Å². The first-order valence-electron chi connectivity index (χ1n) is 6.05. The number of rotatable bonds is 5. The zero-order valence-corrected chi connectivity index (χ0v) is 12.7. The first-order chi connectivity index (χ1) is 9.15. The van der Waals surface area contributed by atoms with Crippen molar-refractivity contribution in [2.45, 2.75) is 19.4 Å². The molecule has 1 N–H and O–H groups in total. The van der Waals surface area contributed by atoms with Gasteiger partial charge in [-0.3, -0.25) is 0 Å². The molecule has 0 fully saturated rings. The normalized spacial score (nSPS) is 12.6. The molecule has 1 aromatic heterocycles. The lowest BCUT2D eigenvalue weighted by molar-refractivity contribution is 0.551. The van der Waals surface area contributed by atoms with Crippen LogP contribution in [0.3, 0.4) is 0 Å². The van der Waals surface area contributed by atoms with Gasteiger partial charge in [0.05, 0.1) is 16.1 Å². The highest BCUT2D eigenvalue weighted by Crippen LogP contribution is 2.35. The van der Waals surface area contributed by atoms with Crippen LogP contribution in [0.25, 0.3) is 0 Å². The molecule has 1 nitrogen and oxygen atoms in total. The van der Waals surface area contributed by atoms with Crippen LogP contribution in [-0.2, 0) is 0 Å². The van der Waals surface area contributed by atoms with Crippen molar-refractivity contribution in [1.82, 2.24) is 5.32 Å². The zero-order valence-electron chi connectivity index (χ0n) is 10.4. The molecule has 0 radical (unpaired) electrons. The van der Waals surface area contributed by atoms with Gasteiger partial charge in [0.2, 0.25) is 0 Å². The summed E-state index contributed by atoms with van der Waals surface area (Å²) in [7, 11) is 0. The molecular weight excluding hydrogens is 304 g/mol. The van der Waals surface area contributed by atoms with Gasteiger partial charge < -0.3 is 5.32 Å². The predicted octanol–water partition coefficient (Wildman–Crippen LogP) is 5.28. The minimum Gasteiger partial charge on any atom is -0.305 e. The quantitative estimate of drug-likeness (QED) is 0.790. The fraction of sp³-hybridized carbons (Fsp3) is 0.286.